The third-order valence-electron chi connectivity index (χ3n) is 4.01. The van der Waals surface area contributed by atoms with Crippen LogP contribution >= 0.6 is 0 Å². The summed E-state index contributed by atoms with van der Waals surface area (Å²) in [6, 6.07) is 4.11. The third-order valence-corrected chi connectivity index (χ3v) is 4.01. The average Bonchev–Trinajstić information content (AvgIpc) is 2.71. The van der Waals surface area contributed by atoms with E-state index < -0.39 is 55.7 Å². The number of hydrogen-bond donors (Lipinski definition) is 2. The first-order valence-electron chi connectivity index (χ1n) is 12.5. The molecule has 0 aliphatic heterocycles. The van der Waals surface area contributed by atoms with Crippen LogP contribution < -0.4 is 5.32 Å². The molecule has 1 amide bonds. The Labute approximate surface area is 152 Å². The van der Waals surface area contributed by atoms with Gasteiger partial charge in [0.05, 0.1) is 1.37 Å². The van der Waals surface area contributed by atoms with Gasteiger partial charge in [0, 0.05) is 24.6 Å². The van der Waals surface area contributed by atoms with Gasteiger partial charge in [-0.1, -0.05) is 44.0 Å². The van der Waals surface area contributed by atoms with Crippen LogP contribution in [0, 0.1) is 17.7 Å². The molecule has 0 saturated heterocycles. The molecule has 1 atom stereocenters. The molecule has 1 aromatic carbocycles. The number of hydrogen-bond acceptors (Lipinski definition) is 2. The summed E-state index contributed by atoms with van der Waals surface area (Å²) in [5.74, 6) is -7.43. The topological polar surface area (TPSA) is 66.4 Å². The van der Waals surface area contributed by atoms with Gasteiger partial charge in [-0.3, -0.25) is 4.79 Å². The SMILES string of the molecule is [2H]C(NC(=O)[C@H]1CC[C@H](C([2H])(C([2H])([2H])[2H])C([2H])([2H])[2H])CC1)(C(=O)O)C([2H])([2H])c1ccccc1. The quantitative estimate of drug-likeness (QED) is 0.843. The highest BCUT2D eigenvalue weighted by Crippen LogP contribution is 2.33. The van der Waals surface area contributed by atoms with Crippen LogP contribution in [-0.2, 0) is 16.0 Å². The molecule has 0 radical (unpaired) electrons. The van der Waals surface area contributed by atoms with Crippen molar-refractivity contribution in [3.05, 3.63) is 35.9 Å². The fourth-order valence-corrected chi connectivity index (χ4v) is 2.67. The number of rotatable bonds is 6. The van der Waals surface area contributed by atoms with Crippen molar-refractivity contribution >= 4 is 11.9 Å². The summed E-state index contributed by atoms with van der Waals surface area (Å²) in [4.78, 5) is 24.7. The standard InChI is InChI=1S/C19H27NO3/c1-13(2)15-8-10-16(11-9-15)18(21)20-17(19(22)23)12-14-6-4-3-5-7-14/h3-7,13,15-17H,8-12H2,1-2H3,(H,20,21)(H,22,23)/t15-,16-,17?/i1D3,2D3,12D2,13D,17D. The second-order valence-electron chi connectivity index (χ2n) is 5.62. The Kier molecular flexibility index (Phi) is 2.94. The lowest BCUT2D eigenvalue weighted by molar-refractivity contribution is -0.142. The van der Waals surface area contributed by atoms with Crippen molar-refractivity contribution < 1.29 is 28.4 Å². The van der Waals surface area contributed by atoms with Crippen LogP contribution in [0.1, 0.15) is 58.7 Å². The highest BCUT2D eigenvalue weighted by Gasteiger charge is 2.30. The zero-order valence-corrected chi connectivity index (χ0v) is 12.6. The van der Waals surface area contributed by atoms with Crippen molar-refractivity contribution in [1.82, 2.24) is 5.32 Å². The number of aliphatic carboxylic acids is 1. The van der Waals surface area contributed by atoms with E-state index in [1.54, 1.807) is 6.07 Å². The number of carboxylic acids is 1. The molecule has 2 N–H and O–H groups in total. The molecule has 0 heterocycles. The second kappa shape index (κ2) is 8.14. The summed E-state index contributed by atoms with van der Waals surface area (Å²) in [6.45, 7) is -6.16. The zero-order chi connectivity index (χ0) is 25.5. The Hall–Kier alpha value is -1.84. The minimum Gasteiger partial charge on any atom is -0.480 e. The van der Waals surface area contributed by atoms with E-state index in [2.05, 4.69) is 0 Å². The Bertz CT molecular complexity index is 849. The van der Waals surface area contributed by atoms with Gasteiger partial charge in [-0.2, -0.15) is 0 Å². The molecule has 1 saturated carbocycles. The van der Waals surface area contributed by atoms with Crippen LogP contribution in [-0.4, -0.2) is 23.0 Å². The number of benzene rings is 1. The van der Waals surface area contributed by atoms with E-state index in [1.807, 2.05) is 5.32 Å². The molecule has 0 aromatic heterocycles. The highest BCUT2D eigenvalue weighted by atomic mass is 16.4. The fraction of sp³-hybridized carbons (Fsp3) is 0.579. The lowest BCUT2D eigenvalue weighted by Crippen LogP contribution is -2.45. The van der Waals surface area contributed by atoms with Crippen LogP contribution in [0.5, 0.6) is 0 Å². The van der Waals surface area contributed by atoms with Gasteiger partial charge in [-0.25, -0.2) is 4.79 Å². The van der Waals surface area contributed by atoms with Gasteiger partial charge in [-0.05, 0) is 43.1 Å². The monoisotopic (exact) mass is 327 g/mol. The maximum Gasteiger partial charge on any atom is 0.326 e. The van der Waals surface area contributed by atoms with Gasteiger partial charge >= 0.3 is 5.97 Å². The molecule has 0 spiro atoms. The molecule has 126 valence electrons. The molecular weight excluding hydrogens is 290 g/mol. The molecule has 4 heteroatoms. The predicted octanol–water partition coefficient (Wildman–Crippen LogP) is 3.26. The van der Waals surface area contributed by atoms with Crippen molar-refractivity contribution in [3.63, 3.8) is 0 Å². The molecule has 2 rings (SSSR count). The summed E-state index contributed by atoms with van der Waals surface area (Å²) in [7, 11) is 0. The smallest absolute Gasteiger partial charge is 0.326 e. The number of carbonyl (C=O) groups excluding carboxylic acids is 1. The minimum absolute atomic E-state index is 0.0205. The van der Waals surface area contributed by atoms with E-state index in [4.69, 9.17) is 13.7 Å². The van der Waals surface area contributed by atoms with Crippen LogP contribution in [0.25, 0.3) is 0 Å². The largest absolute Gasteiger partial charge is 0.480 e. The Morgan fingerprint density at radius 3 is 2.52 bits per heavy atom. The maximum absolute atomic E-state index is 12.8. The van der Waals surface area contributed by atoms with E-state index in [9.17, 15) is 14.7 Å². The molecule has 4 nitrogen and oxygen atoms in total. The van der Waals surface area contributed by atoms with Crippen LogP contribution in [0.3, 0.4) is 0 Å². The van der Waals surface area contributed by atoms with Gasteiger partial charge in [0.25, 0.3) is 0 Å². The number of nitrogens with one attached hydrogen (secondary N) is 1. The van der Waals surface area contributed by atoms with Crippen molar-refractivity contribution in [1.29, 1.82) is 0 Å². The first-order chi connectivity index (χ1) is 14.9. The summed E-state index contributed by atoms with van der Waals surface area (Å²) in [6.07, 6.45) is -2.96. The van der Waals surface area contributed by atoms with E-state index in [0.29, 0.717) is 0 Å². The molecule has 23 heavy (non-hydrogen) atoms. The van der Waals surface area contributed by atoms with Gasteiger partial charge in [0.2, 0.25) is 5.91 Å². The fourth-order valence-electron chi connectivity index (χ4n) is 2.67. The van der Waals surface area contributed by atoms with Gasteiger partial charge < -0.3 is 10.4 Å². The Morgan fingerprint density at radius 1 is 1.30 bits per heavy atom. The van der Waals surface area contributed by atoms with Gasteiger partial charge in [0.1, 0.15) is 6.02 Å². The van der Waals surface area contributed by atoms with Crippen LogP contribution in [0.2, 0.25) is 0 Å². The molecule has 1 unspecified atom stereocenters. The summed E-state index contributed by atoms with van der Waals surface area (Å²) < 4.78 is 78.7. The molecule has 0 bridgehead atoms. The normalized spacial score (nSPS) is 32.5. The second-order valence-corrected chi connectivity index (χ2v) is 5.62. The Balaban J connectivity index is 2.21. The molecule has 1 aliphatic rings. The van der Waals surface area contributed by atoms with Crippen LogP contribution in [0.4, 0.5) is 0 Å². The molecule has 1 aromatic rings. The van der Waals surface area contributed by atoms with Crippen molar-refractivity contribution in [2.45, 2.75) is 51.8 Å². The van der Waals surface area contributed by atoms with E-state index >= 15 is 0 Å². The van der Waals surface area contributed by atoms with Gasteiger partial charge in [0.15, 0.2) is 0 Å². The number of carboxylic acid groups (broad SMARTS) is 1. The molecule has 1 fully saturated rings. The minimum atomic E-state index is -3.08. The van der Waals surface area contributed by atoms with Crippen molar-refractivity contribution in [3.8, 4) is 0 Å². The average molecular weight is 327 g/mol. The molecule has 1 aliphatic carbocycles. The lowest BCUT2D eigenvalue weighted by atomic mass is 9.76. The third kappa shape index (κ3) is 5.08. The Morgan fingerprint density at radius 2 is 1.96 bits per heavy atom. The van der Waals surface area contributed by atoms with E-state index in [1.165, 1.54) is 24.3 Å². The lowest BCUT2D eigenvalue weighted by Gasteiger charge is -2.30. The summed E-state index contributed by atoms with van der Waals surface area (Å²) in [5, 5.41) is 11.6. The number of amides is 1. The summed E-state index contributed by atoms with van der Waals surface area (Å²) >= 11 is 0. The first-order valence-corrected chi connectivity index (χ1v) is 7.50. The number of carbonyl (C=O) groups is 2. The summed E-state index contributed by atoms with van der Waals surface area (Å²) in [5.41, 5.74) is -0.110. The zero-order valence-electron chi connectivity index (χ0n) is 22.6. The molecular formula is C19H27NO3. The van der Waals surface area contributed by atoms with Crippen LogP contribution in [0.15, 0.2) is 30.3 Å². The maximum atomic E-state index is 12.8. The van der Waals surface area contributed by atoms with Gasteiger partial charge in [-0.15, -0.1) is 0 Å². The predicted molar refractivity (Wildman–Crippen MR) is 90.0 cm³/mol. The van der Waals surface area contributed by atoms with E-state index in [0.717, 1.165) is 0 Å². The van der Waals surface area contributed by atoms with Crippen molar-refractivity contribution in [2.75, 3.05) is 0 Å². The van der Waals surface area contributed by atoms with Crippen molar-refractivity contribution in [2.24, 2.45) is 17.7 Å². The first kappa shape index (κ1) is 8.32. The van der Waals surface area contributed by atoms with E-state index in [-0.39, 0.29) is 31.2 Å². The highest BCUT2D eigenvalue weighted by molar-refractivity contribution is 5.85.